The van der Waals surface area contributed by atoms with Crippen LogP contribution in [0.4, 0.5) is 0 Å². The van der Waals surface area contributed by atoms with E-state index in [2.05, 4.69) is 119 Å². The summed E-state index contributed by atoms with van der Waals surface area (Å²) in [6.07, 6.45) is 12.2. The Kier molecular flexibility index (Phi) is 12.3. The number of hydrogen-bond acceptors (Lipinski definition) is 8. The first-order valence-electron chi connectivity index (χ1n) is 19.8. The van der Waals surface area contributed by atoms with Crippen LogP contribution in [0.25, 0.3) is 32.3 Å². The molecule has 3 aliphatic rings. The highest BCUT2D eigenvalue weighted by Crippen LogP contribution is 2.23. The molecule has 3 aliphatic heterocycles. The van der Waals surface area contributed by atoms with Crippen LogP contribution in [0.3, 0.4) is 0 Å². The van der Waals surface area contributed by atoms with Crippen LogP contribution < -0.4 is 0 Å². The Balaban J connectivity index is 1.16. The molecular weight excluding hydrogens is 689 g/mol. The van der Waals surface area contributed by atoms with Crippen molar-refractivity contribution >= 4 is 69.6 Å². The van der Waals surface area contributed by atoms with Crippen LogP contribution in [0, 0.1) is 0 Å². The van der Waals surface area contributed by atoms with Gasteiger partial charge < -0.3 is 0 Å². The molecule has 8 heteroatoms. The highest BCUT2D eigenvalue weighted by atomic mass is 15.2. The predicted octanol–water partition coefficient (Wildman–Crippen LogP) is 7.69. The second-order valence-corrected chi connectivity index (χ2v) is 14.3. The SMILES string of the molecule is C1=NCCN2CCN=Cc3ccc(c4ccccc34)C=NCCN(CCN=Cc3ccc1c1ccccc31)CCN=Cc1ccc(c3ccccc13)C=NCC2. The standard InChI is InChI=1S/C48H48N8/c1-2-8-44-38-14-13-37(43(44)7-1)31-49-19-25-55-27-21-51-33-39-15-17-41(47-11-5-3-9-45(39)47)35-53-23-29-56(26-20-50-32-38)30-24-54-36-42-18-16-40(34-52-22-28-55)46-10-4-6-12-48(42)46/h1-18,31-36H,19-30H2. The summed E-state index contributed by atoms with van der Waals surface area (Å²) in [6, 6.07) is 38.6. The summed E-state index contributed by atoms with van der Waals surface area (Å²) >= 11 is 0. The summed E-state index contributed by atoms with van der Waals surface area (Å²) in [7, 11) is 0. The molecule has 8 nitrogen and oxygen atoms in total. The van der Waals surface area contributed by atoms with Crippen molar-refractivity contribution in [1.29, 1.82) is 0 Å². The van der Waals surface area contributed by atoms with Crippen molar-refractivity contribution in [2.45, 2.75) is 0 Å². The van der Waals surface area contributed by atoms with Gasteiger partial charge >= 0.3 is 0 Å². The molecule has 6 aromatic carbocycles. The van der Waals surface area contributed by atoms with Gasteiger partial charge in [-0.2, -0.15) is 0 Å². The van der Waals surface area contributed by atoms with Crippen LogP contribution in [-0.4, -0.2) is 126 Å². The van der Waals surface area contributed by atoms with E-state index in [9.17, 15) is 0 Å². The van der Waals surface area contributed by atoms with Crippen LogP contribution in [0.2, 0.25) is 0 Å². The molecule has 6 aromatic rings. The Bertz CT molecular complexity index is 2030. The molecule has 280 valence electrons. The first-order valence-corrected chi connectivity index (χ1v) is 19.8. The van der Waals surface area contributed by atoms with Gasteiger partial charge in [-0.25, -0.2) is 0 Å². The fourth-order valence-corrected chi connectivity index (χ4v) is 7.56. The minimum absolute atomic E-state index is 0.683. The van der Waals surface area contributed by atoms with E-state index in [-0.39, 0.29) is 0 Å². The zero-order chi connectivity index (χ0) is 37.8. The van der Waals surface area contributed by atoms with Crippen molar-refractivity contribution < 1.29 is 0 Å². The molecule has 0 N–H and O–H groups in total. The maximum absolute atomic E-state index is 4.93. The topological polar surface area (TPSA) is 80.6 Å². The zero-order valence-corrected chi connectivity index (χ0v) is 31.9. The summed E-state index contributed by atoms with van der Waals surface area (Å²) in [5.41, 5.74) is 6.70. The van der Waals surface area contributed by atoms with Crippen molar-refractivity contribution in [2.24, 2.45) is 30.0 Å². The summed E-state index contributed by atoms with van der Waals surface area (Å²) in [5.74, 6) is 0. The van der Waals surface area contributed by atoms with Gasteiger partial charge in [-0.15, -0.1) is 0 Å². The Morgan fingerprint density at radius 3 is 0.607 bits per heavy atom. The summed E-state index contributed by atoms with van der Waals surface area (Å²) in [4.78, 5) is 34.5. The lowest BCUT2D eigenvalue weighted by atomic mass is 10.0. The first kappa shape index (κ1) is 37.0. The fourth-order valence-electron chi connectivity index (χ4n) is 7.56. The van der Waals surface area contributed by atoms with E-state index in [1.165, 1.54) is 32.3 Å². The van der Waals surface area contributed by atoms with Gasteiger partial charge in [0.15, 0.2) is 0 Å². The number of hydrogen-bond donors (Lipinski definition) is 0. The number of aliphatic imine (C=N–C) groups is 6. The van der Waals surface area contributed by atoms with E-state index in [0.717, 1.165) is 72.6 Å². The van der Waals surface area contributed by atoms with Gasteiger partial charge in [0.2, 0.25) is 0 Å². The van der Waals surface area contributed by atoms with Crippen molar-refractivity contribution in [3.05, 3.63) is 143 Å². The Morgan fingerprint density at radius 2 is 0.429 bits per heavy atom. The van der Waals surface area contributed by atoms with E-state index >= 15 is 0 Å². The van der Waals surface area contributed by atoms with E-state index in [1.807, 2.05) is 37.3 Å². The molecular formula is C48H48N8. The molecule has 0 fully saturated rings. The minimum atomic E-state index is 0.683. The first-order chi connectivity index (χ1) is 27.8. The van der Waals surface area contributed by atoms with Gasteiger partial charge in [-0.05, 0) is 32.3 Å². The summed E-state index contributed by atoms with van der Waals surface area (Å²) in [5, 5.41) is 7.09. The highest BCUT2D eigenvalue weighted by molar-refractivity contribution is 6.09. The van der Waals surface area contributed by atoms with Gasteiger partial charge in [0.1, 0.15) is 0 Å². The van der Waals surface area contributed by atoms with Gasteiger partial charge in [-0.1, -0.05) is 109 Å². The van der Waals surface area contributed by atoms with Crippen molar-refractivity contribution in [1.82, 2.24) is 9.80 Å². The van der Waals surface area contributed by atoms with Gasteiger partial charge in [0.05, 0.1) is 39.3 Å². The van der Waals surface area contributed by atoms with Gasteiger partial charge in [-0.3, -0.25) is 39.8 Å². The van der Waals surface area contributed by atoms with Crippen LogP contribution in [0.1, 0.15) is 33.4 Å². The average Bonchev–Trinajstić information content (AvgIpc) is 3.24. The van der Waals surface area contributed by atoms with Crippen LogP contribution in [0.5, 0.6) is 0 Å². The van der Waals surface area contributed by atoms with E-state index in [4.69, 9.17) is 30.0 Å². The Morgan fingerprint density at radius 1 is 0.250 bits per heavy atom. The smallest absolute Gasteiger partial charge is 0.0517 e. The second-order valence-electron chi connectivity index (χ2n) is 14.3. The maximum Gasteiger partial charge on any atom is 0.0517 e. The van der Waals surface area contributed by atoms with E-state index in [1.54, 1.807) is 0 Å². The molecule has 0 spiro atoms. The molecule has 0 amide bonds. The number of nitrogens with zero attached hydrogens (tertiary/aromatic N) is 8. The zero-order valence-electron chi connectivity index (χ0n) is 31.9. The molecule has 0 saturated carbocycles. The second kappa shape index (κ2) is 18.6. The van der Waals surface area contributed by atoms with E-state index in [0.29, 0.717) is 39.3 Å². The average molecular weight is 737 g/mol. The van der Waals surface area contributed by atoms with Gasteiger partial charge in [0, 0.05) is 110 Å². The van der Waals surface area contributed by atoms with Crippen LogP contribution >= 0.6 is 0 Å². The molecule has 0 unspecified atom stereocenters. The molecule has 0 atom stereocenters. The Labute approximate surface area is 329 Å². The Hall–Kier alpha value is -5.96. The third-order valence-corrected chi connectivity index (χ3v) is 10.6. The molecule has 8 bridgehead atoms. The monoisotopic (exact) mass is 736 g/mol. The molecule has 3 heterocycles. The summed E-state index contributed by atoms with van der Waals surface area (Å²) < 4.78 is 0. The van der Waals surface area contributed by atoms with E-state index < -0.39 is 0 Å². The lowest BCUT2D eigenvalue weighted by Gasteiger charge is -2.19. The van der Waals surface area contributed by atoms with Gasteiger partial charge in [0.25, 0.3) is 0 Å². The predicted molar refractivity (Wildman–Crippen MR) is 239 cm³/mol. The third kappa shape index (κ3) is 9.11. The third-order valence-electron chi connectivity index (χ3n) is 10.6. The normalized spacial score (nSPS) is 18.9. The molecule has 0 aliphatic carbocycles. The quantitative estimate of drug-likeness (QED) is 0.160. The van der Waals surface area contributed by atoms with Crippen molar-refractivity contribution in [2.75, 3.05) is 78.5 Å². The number of fused-ring (bicyclic) bond motifs is 15. The lowest BCUT2D eigenvalue weighted by molar-refractivity contribution is 0.298. The lowest BCUT2D eigenvalue weighted by Crippen LogP contribution is -2.31. The number of benzene rings is 6. The van der Waals surface area contributed by atoms with Crippen molar-refractivity contribution in [3.63, 3.8) is 0 Å². The highest BCUT2D eigenvalue weighted by Gasteiger charge is 2.09. The fraction of sp³-hybridized carbons (Fsp3) is 0.250. The molecule has 0 saturated heterocycles. The minimum Gasteiger partial charge on any atom is -0.298 e. The molecule has 56 heavy (non-hydrogen) atoms. The summed E-state index contributed by atoms with van der Waals surface area (Å²) in [6.45, 7) is 8.99. The maximum atomic E-state index is 4.93. The molecule has 9 rings (SSSR count). The van der Waals surface area contributed by atoms with Crippen molar-refractivity contribution in [3.8, 4) is 0 Å². The number of rotatable bonds is 0. The van der Waals surface area contributed by atoms with Crippen LogP contribution in [0.15, 0.2) is 139 Å². The molecule has 0 aromatic heterocycles. The molecule has 0 radical (unpaired) electrons. The largest absolute Gasteiger partial charge is 0.298 e. The van der Waals surface area contributed by atoms with Crippen LogP contribution in [-0.2, 0) is 0 Å².